The Kier molecular flexibility index (Phi) is 8.52. The van der Waals surface area contributed by atoms with Crippen molar-refractivity contribution in [2.75, 3.05) is 30.9 Å². The molecule has 0 spiro atoms. The number of carbonyl (C=O) groups excluding carboxylic acids is 2. The number of nitrogens with one attached hydrogen (secondary N) is 1. The van der Waals surface area contributed by atoms with Crippen LogP contribution in [0, 0.1) is 11.7 Å². The number of hydrogen-bond donors (Lipinski definition) is 2. The zero-order chi connectivity index (χ0) is 29.0. The predicted molar refractivity (Wildman–Crippen MR) is 146 cm³/mol. The van der Waals surface area contributed by atoms with Gasteiger partial charge in [-0.1, -0.05) is 19.9 Å². The summed E-state index contributed by atoms with van der Waals surface area (Å²) < 4.78 is 52.9. The third-order valence-corrected chi connectivity index (χ3v) is 7.35. The largest absolute Gasteiger partial charge is 0.493 e. The van der Waals surface area contributed by atoms with Crippen LogP contribution in [0.3, 0.4) is 0 Å². The fourth-order valence-electron chi connectivity index (χ4n) is 4.27. The van der Waals surface area contributed by atoms with Gasteiger partial charge in [-0.05, 0) is 55.2 Å². The lowest BCUT2D eigenvalue weighted by atomic mass is 10.1. The molecule has 0 saturated carbocycles. The third-order valence-electron chi connectivity index (χ3n) is 6.12. The highest BCUT2D eigenvalue weighted by molar-refractivity contribution is 7.90. The number of esters is 1. The Hall–Kier alpha value is -4.26. The normalized spacial score (nSPS) is 15.2. The molecule has 3 heterocycles. The minimum absolute atomic E-state index is 0.0353. The van der Waals surface area contributed by atoms with Gasteiger partial charge >= 0.3 is 5.97 Å². The minimum atomic E-state index is -4.39. The number of nitrogens with two attached hydrogens (primary N) is 1. The van der Waals surface area contributed by atoms with Gasteiger partial charge in [-0.15, -0.1) is 0 Å². The maximum absolute atomic E-state index is 14.5. The summed E-state index contributed by atoms with van der Waals surface area (Å²) in [7, 11) is -3.13. The Balaban J connectivity index is 1.76. The van der Waals surface area contributed by atoms with Crippen LogP contribution in [0.1, 0.15) is 37.0 Å². The van der Waals surface area contributed by atoms with Gasteiger partial charge in [-0.25, -0.2) is 23.9 Å². The Labute approximate surface area is 231 Å². The molecule has 13 heteroatoms. The van der Waals surface area contributed by atoms with E-state index < -0.39 is 38.8 Å². The Morgan fingerprint density at radius 2 is 1.95 bits per heavy atom. The van der Waals surface area contributed by atoms with Crippen molar-refractivity contribution in [1.29, 1.82) is 0 Å². The smallest absolute Gasteiger partial charge is 0.328 e. The van der Waals surface area contributed by atoms with Crippen molar-refractivity contribution in [2.45, 2.75) is 37.8 Å². The standard InChI is InChI=1S/C27H30FN5O6S/c1-16(2)15-39-19-13-17(12-18(28)14-19)21-10-9-20(25(30-21)33-11-5-6-22(33)27(35)38-3)26(34)32-40(36,37)24-8-4-7-23(29)31-24/h4,7-10,12-14,16,22H,5-6,11,15H2,1-3H3,(H2,29,31)(H,32,34)/t22-/m0/s1. The van der Waals surface area contributed by atoms with Crippen molar-refractivity contribution in [3.63, 3.8) is 0 Å². The number of sulfonamides is 1. The third kappa shape index (κ3) is 6.47. The van der Waals surface area contributed by atoms with E-state index >= 15 is 0 Å². The summed E-state index contributed by atoms with van der Waals surface area (Å²) in [5.74, 6) is -1.52. The first-order valence-corrected chi connectivity index (χ1v) is 14.1. The summed E-state index contributed by atoms with van der Waals surface area (Å²) in [6.07, 6.45) is 1.05. The summed E-state index contributed by atoms with van der Waals surface area (Å²) in [6.45, 7) is 4.67. The fourth-order valence-corrected chi connectivity index (χ4v) is 5.22. The van der Waals surface area contributed by atoms with Gasteiger partial charge in [0.15, 0.2) is 5.03 Å². The van der Waals surface area contributed by atoms with E-state index in [1.807, 2.05) is 18.6 Å². The average molecular weight is 572 g/mol. The number of nitrogens with zero attached hydrogens (tertiary/aromatic N) is 3. The van der Waals surface area contributed by atoms with Gasteiger partial charge in [0.1, 0.15) is 29.2 Å². The SMILES string of the molecule is COC(=O)[C@@H]1CCCN1c1nc(-c2cc(F)cc(OCC(C)C)c2)ccc1C(=O)NS(=O)(=O)c1cccc(N)n1. The van der Waals surface area contributed by atoms with E-state index in [0.717, 1.165) is 0 Å². The van der Waals surface area contributed by atoms with Crippen LogP contribution in [0.25, 0.3) is 11.3 Å². The van der Waals surface area contributed by atoms with Crippen molar-refractivity contribution >= 4 is 33.5 Å². The quantitative estimate of drug-likeness (QED) is 0.366. The van der Waals surface area contributed by atoms with Gasteiger partial charge in [-0.2, -0.15) is 8.42 Å². The lowest BCUT2D eigenvalue weighted by Gasteiger charge is -2.26. The van der Waals surface area contributed by atoms with Gasteiger partial charge in [0.25, 0.3) is 15.9 Å². The van der Waals surface area contributed by atoms with Crippen LogP contribution in [0.2, 0.25) is 0 Å². The predicted octanol–water partition coefficient (Wildman–Crippen LogP) is 3.16. The number of hydrogen-bond acceptors (Lipinski definition) is 10. The molecule has 4 rings (SSSR count). The average Bonchev–Trinajstić information content (AvgIpc) is 3.40. The van der Waals surface area contributed by atoms with Gasteiger partial charge in [0, 0.05) is 18.2 Å². The number of carbonyl (C=O) groups is 2. The van der Waals surface area contributed by atoms with Crippen LogP contribution in [0.5, 0.6) is 5.75 Å². The molecule has 1 aliphatic heterocycles. The van der Waals surface area contributed by atoms with Gasteiger partial charge in [0.2, 0.25) is 0 Å². The first-order chi connectivity index (χ1) is 19.0. The van der Waals surface area contributed by atoms with E-state index in [4.69, 9.17) is 15.2 Å². The fraction of sp³-hybridized carbons (Fsp3) is 0.333. The molecule has 3 aromatic rings. The molecule has 40 heavy (non-hydrogen) atoms. The molecule has 212 valence electrons. The van der Waals surface area contributed by atoms with Crippen LogP contribution in [-0.4, -0.2) is 56.6 Å². The number of aromatic nitrogens is 2. The Morgan fingerprint density at radius 3 is 2.65 bits per heavy atom. The molecular weight excluding hydrogens is 541 g/mol. The molecule has 0 radical (unpaired) electrons. The van der Waals surface area contributed by atoms with Crippen LogP contribution < -0.4 is 20.1 Å². The molecule has 1 aliphatic rings. The number of rotatable bonds is 9. The van der Waals surface area contributed by atoms with Crippen molar-refractivity contribution in [2.24, 2.45) is 5.92 Å². The summed E-state index contributed by atoms with van der Waals surface area (Å²) in [5.41, 5.74) is 6.15. The molecule has 1 amide bonds. The highest BCUT2D eigenvalue weighted by atomic mass is 32.2. The van der Waals surface area contributed by atoms with Gasteiger partial charge in [-0.3, -0.25) is 4.79 Å². The van der Waals surface area contributed by atoms with E-state index in [0.29, 0.717) is 37.3 Å². The van der Waals surface area contributed by atoms with E-state index in [9.17, 15) is 22.4 Å². The maximum Gasteiger partial charge on any atom is 0.328 e. The van der Waals surface area contributed by atoms with Crippen molar-refractivity contribution < 1.29 is 31.9 Å². The first-order valence-electron chi connectivity index (χ1n) is 12.6. The molecule has 0 unspecified atom stereocenters. The number of halogens is 1. The second kappa shape index (κ2) is 11.9. The molecular formula is C27H30FN5O6S. The second-order valence-electron chi connectivity index (χ2n) is 9.66. The second-order valence-corrected chi connectivity index (χ2v) is 11.3. The monoisotopic (exact) mass is 571 g/mol. The molecule has 3 N–H and O–H groups in total. The molecule has 1 atom stereocenters. The van der Waals surface area contributed by atoms with Crippen LogP contribution in [0.4, 0.5) is 16.0 Å². The minimum Gasteiger partial charge on any atom is -0.493 e. The van der Waals surface area contributed by atoms with Crippen LogP contribution in [-0.2, 0) is 19.6 Å². The zero-order valence-electron chi connectivity index (χ0n) is 22.3. The van der Waals surface area contributed by atoms with Gasteiger partial charge in [0.05, 0.1) is 25.0 Å². The van der Waals surface area contributed by atoms with E-state index in [2.05, 4.69) is 9.97 Å². The highest BCUT2D eigenvalue weighted by Gasteiger charge is 2.35. The number of methoxy groups -OCH3 is 1. The van der Waals surface area contributed by atoms with Crippen LogP contribution >= 0.6 is 0 Å². The maximum atomic E-state index is 14.5. The summed E-state index contributed by atoms with van der Waals surface area (Å²) in [5, 5.41) is -0.436. The first kappa shape index (κ1) is 28.7. The number of nitrogen functional groups attached to an aromatic ring is 1. The van der Waals surface area contributed by atoms with Crippen molar-refractivity contribution in [3.8, 4) is 17.0 Å². The summed E-state index contributed by atoms with van der Waals surface area (Å²) >= 11 is 0. The number of anilines is 2. The molecule has 1 aromatic carbocycles. The summed E-state index contributed by atoms with van der Waals surface area (Å²) in [4.78, 5) is 35.8. The lowest BCUT2D eigenvalue weighted by Crippen LogP contribution is -2.39. The summed E-state index contributed by atoms with van der Waals surface area (Å²) in [6, 6.07) is 10.3. The molecule has 0 bridgehead atoms. The molecule has 2 aromatic heterocycles. The number of pyridine rings is 2. The zero-order valence-corrected chi connectivity index (χ0v) is 23.1. The van der Waals surface area contributed by atoms with Crippen molar-refractivity contribution in [1.82, 2.24) is 14.7 Å². The van der Waals surface area contributed by atoms with Gasteiger partial charge < -0.3 is 20.1 Å². The molecule has 11 nitrogen and oxygen atoms in total. The highest BCUT2D eigenvalue weighted by Crippen LogP contribution is 2.32. The van der Waals surface area contributed by atoms with E-state index in [1.54, 1.807) is 11.0 Å². The number of ether oxygens (including phenoxy) is 2. The molecule has 1 fully saturated rings. The lowest BCUT2D eigenvalue weighted by molar-refractivity contribution is -0.141. The topological polar surface area (TPSA) is 154 Å². The Morgan fingerprint density at radius 1 is 1.18 bits per heavy atom. The molecule has 1 saturated heterocycles. The van der Waals surface area contributed by atoms with E-state index in [1.165, 1.54) is 49.6 Å². The van der Waals surface area contributed by atoms with E-state index in [-0.39, 0.29) is 28.8 Å². The number of benzene rings is 1. The van der Waals surface area contributed by atoms with Crippen LogP contribution in [0.15, 0.2) is 53.6 Å². The Bertz CT molecular complexity index is 1530. The number of amides is 1. The van der Waals surface area contributed by atoms with Crippen molar-refractivity contribution in [3.05, 3.63) is 59.9 Å². The molecule has 0 aliphatic carbocycles.